The summed E-state index contributed by atoms with van der Waals surface area (Å²) >= 11 is 6.28. The smallest absolute Gasteiger partial charge is 0.336 e. The van der Waals surface area contributed by atoms with E-state index >= 15 is 0 Å². The van der Waals surface area contributed by atoms with Crippen molar-refractivity contribution in [2.45, 2.75) is 45.3 Å². The first-order chi connectivity index (χ1) is 11.3. The average molecular weight is 349 g/mol. The molecule has 1 aliphatic rings. The van der Waals surface area contributed by atoms with Crippen molar-refractivity contribution in [3.63, 3.8) is 0 Å². The van der Waals surface area contributed by atoms with Gasteiger partial charge in [-0.25, -0.2) is 4.79 Å². The molecule has 0 bridgehead atoms. The van der Waals surface area contributed by atoms with Crippen LogP contribution in [-0.4, -0.2) is 42.5 Å². The molecule has 130 valence electrons. The zero-order valence-corrected chi connectivity index (χ0v) is 15.6. The summed E-state index contributed by atoms with van der Waals surface area (Å²) in [6.45, 7) is 6.02. The van der Waals surface area contributed by atoms with Gasteiger partial charge < -0.3 is 9.32 Å². The van der Waals surface area contributed by atoms with Crippen LogP contribution in [0.5, 0.6) is 0 Å². The molecule has 0 spiro atoms. The number of benzene rings is 1. The minimum Gasteiger partial charge on any atom is -0.423 e. The number of nitrogens with zero attached hydrogens (tertiary/aromatic N) is 2. The number of piperidine rings is 1. The first-order valence-electron chi connectivity index (χ1n) is 8.48. The largest absolute Gasteiger partial charge is 0.423 e. The molecule has 1 aromatic carbocycles. The Morgan fingerprint density at radius 1 is 1.38 bits per heavy atom. The van der Waals surface area contributed by atoms with Crippen LogP contribution in [0.4, 0.5) is 0 Å². The first-order valence-corrected chi connectivity index (χ1v) is 8.86. The van der Waals surface area contributed by atoms with E-state index in [4.69, 9.17) is 16.0 Å². The van der Waals surface area contributed by atoms with Crippen LogP contribution in [-0.2, 0) is 6.54 Å². The molecule has 0 saturated carbocycles. The lowest BCUT2D eigenvalue weighted by molar-refractivity contribution is 0.101. The zero-order chi connectivity index (χ0) is 17.4. The monoisotopic (exact) mass is 348 g/mol. The summed E-state index contributed by atoms with van der Waals surface area (Å²) in [6.07, 6.45) is 2.29. The molecule has 3 rings (SSSR count). The van der Waals surface area contributed by atoms with Gasteiger partial charge in [0.15, 0.2) is 0 Å². The summed E-state index contributed by atoms with van der Waals surface area (Å²) in [6, 6.07) is 6.47. The Morgan fingerprint density at radius 2 is 2.12 bits per heavy atom. The lowest BCUT2D eigenvalue weighted by Gasteiger charge is -2.39. The van der Waals surface area contributed by atoms with E-state index in [0.29, 0.717) is 22.7 Å². The Balaban J connectivity index is 1.89. The van der Waals surface area contributed by atoms with Crippen molar-refractivity contribution >= 4 is 22.6 Å². The highest BCUT2D eigenvalue weighted by atomic mass is 35.5. The highest BCUT2D eigenvalue weighted by molar-refractivity contribution is 6.32. The molecule has 0 aliphatic carbocycles. The van der Waals surface area contributed by atoms with E-state index in [9.17, 15) is 4.79 Å². The number of likely N-dealkylation sites (tertiary alicyclic amines) is 1. The quantitative estimate of drug-likeness (QED) is 0.793. The predicted octanol–water partition coefficient (Wildman–Crippen LogP) is 3.67. The highest BCUT2D eigenvalue weighted by Crippen LogP contribution is 2.27. The highest BCUT2D eigenvalue weighted by Gasteiger charge is 2.26. The molecular formula is C19H25ClN2O2. The van der Waals surface area contributed by atoms with Gasteiger partial charge in [-0.15, -0.1) is 0 Å². The van der Waals surface area contributed by atoms with E-state index in [1.807, 2.05) is 19.1 Å². The minimum atomic E-state index is -0.302. The summed E-state index contributed by atoms with van der Waals surface area (Å²) in [7, 11) is 4.32. The Kier molecular flexibility index (Phi) is 5.00. The van der Waals surface area contributed by atoms with Gasteiger partial charge in [0, 0.05) is 35.1 Å². The van der Waals surface area contributed by atoms with E-state index in [-0.39, 0.29) is 5.63 Å². The number of fused-ring (bicyclic) bond motifs is 1. The van der Waals surface area contributed by atoms with Crippen LogP contribution >= 0.6 is 11.6 Å². The van der Waals surface area contributed by atoms with Gasteiger partial charge in [0.05, 0.1) is 0 Å². The molecule has 0 amide bonds. The standard InChI is InChI=1S/C19H25ClN2O2/c1-12-7-18-16(10-17(12)20)14(9-19(23)24-18)11-22(4)15-5-6-21(3)13(2)8-15/h7,9-10,13,15H,5-6,8,11H2,1-4H3/t13-,15-/m0/s1. The molecule has 0 N–H and O–H groups in total. The van der Waals surface area contributed by atoms with Crippen molar-refractivity contribution in [2.75, 3.05) is 20.6 Å². The molecule has 4 nitrogen and oxygen atoms in total. The Morgan fingerprint density at radius 3 is 2.83 bits per heavy atom. The molecule has 2 atom stereocenters. The average Bonchev–Trinajstić information content (AvgIpc) is 2.51. The van der Waals surface area contributed by atoms with E-state index in [0.717, 1.165) is 42.4 Å². The number of hydrogen-bond acceptors (Lipinski definition) is 4. The molecule has 5 heteroatoms. The van der Waals surface area contributed by atoms with Gasteiger partial charge in [0.2, 0.25) is 0 Å². The number of aryl methyl sites for hydroxylation is 1. The van der Waals surface area contributed by atoms with E-state index in [1.54, 1.807) is 6.07 Å². The summed E-state index contributed by atoms with van der Waals surface area (Å²) in [5.74, 6) is 0. The summed E-state index contributed by atoms with van der Waals surface area (Å²) in [5, 5.41) is 1.63. The Bertz CT molecular complexity index is 802. The molecule has 1 saturated heterocycles. The van der Waals surface area contributed by atoms with Gasteiger partial charge in [-0.1, -0.05) is 11.6 Å². The molecule has 0 unspecified atom stereocenters. The summed E-state index contributed by atoms with van der Waals surface area (Å²) in [4.78, 5) is 16.7. The Labute approximate surface area is 148 Å². The van der Waals surface area contributed by atoms with E-state index < -0.39 is 0 Å². The fraction of sp³-hybridized carbons (Fsp3) is 0.526. The maximum Gasteiger partial charge on any atom is 0.336 e. The topological polar surface area (TPSA) is 36.7 Å². The van der Waals surface area contributed by atoms with Crippen LogP contribution in [0.25, 0.3) is 11.0 Å². The zero-order valence-electron chi connectivity index (χ0n) is 14.8. The van der Waals surface area contributed by atoms with Crippen LogP contribution in [0.1, 0.15) is 30.9 Å². The summed E-state index contributed by atoms with van der Waals surface area (Å²) < 4.78 is 5.36. The third kappa shape index (κ3) is 3.51. The SMILES string of the molecule is Cc1cc2oc(=O)cc(CN(C)[C@H]3CCN(C)[C@@H](C)C3)c2cc1Cl. The molecule has 2 heterocycles. The fourth-order valence-electron chi connectivity index (χ4n) is 3.54. The third-order valence-corrected chi connectivity index (χ3v) is 5.74. The van der Waals surface area contributed by atoms with Crippen molar-refractivity contribution < 1.29 is 4.42 Å². The molecule has 24 heavy (non-hydrogen) atoms. The molecular weight excluding hydrogens is 324 g/mol. The molecule has 1 aliphatic heterocycles. The minimum absolute atomic E-state index is 0.302. The van der Waals surface area contributed by atoms with Gasteiger partial charge >= 0.3 is 5.63 Å². The van der Waals surface area contributed by atoms with Crippen LogP contribution in [0.15, 0.2) is 27.4 Å². The van der Waals surface area contributed by atoms with Gasteiger partial charge in [-0.05, 0) is 70.6 Å². The second kappa shape index (κ2) is 6.87. The number of hydrogen-bond donors (Lipinski definition) is 0. The predicted molar refractivity (Wildman–Crippen MR) is 98.8 cm³/mol. The number of rotatable bonds is 3. The van der Waals surface area contributed by atoms with Crippen molar-refractivity contribution in [2.24, 2.45) is 0 Å². The number of halogens is 1. The van der Waals surface area contributed by atoms with Crippen LogP contribution in [0, 0.1) is 6.92 Å². The van der Waals surface area contributed by atoms with Gasteiger partial charge in [0.25, 0.3) is 0 Å². The fourth-order valence-corrected chi connectivity index (χ4v) is 3.71. The maximum absolute atomic E-state index is 11.9. The second-order valence-corrected chi connectivity index (χ2v) is 7.52. The molecule has 1 aromatic heterocycles. The maximum atomic E-state index is 11.9. The van der Waals surface area contributed by atoms with E-state index in [1.165, 1.54) is 0 Å². The lowest BCUT2D eigenvalue weighted by atomic mass is 9.97. The lowest BCUT2D eigenvalue weighted by Crippen LogP contribution is -2.46. The molecule has 2 aromatic rings. The van der Waals surface area contributed by atoms with Gasteiger partial charge in [-0.2, -0.15) is 0 Å². The third-order valence-electron chi connectivity index (χ3n) is 5.33. The summed E-state index contributed by atoms with van der Waals surface area (Å²) in [5.41, 5.74) is 2.22. The van der Waals surface area contributed by atoms with Crippen molar-refractivity contribution in [3.05, 3.63) is 44.8 Å². The van der Waals surface area contributed by atoms with Gasteiger partial charge in [-0.3, -0.25) is 4.90 Å². The van der Waals surface area contributed by atoms with Crippen LogP contribution in [0.3, 0.4) is 0 Å². The van der Waals surface area contributed by atoms with Crippen LogP contribution < -0.4 is 5.63 Å². The van der Waals surface area contributed by atoms with Crippen molar-refractivity contribution in [1.29, 1.82) is 0 Å². The van der Waals surface area contributed by atoms with Crippen LogP contribution in [0.2, 0.25) is 5.02 Å². The van der Waals surface area contributed by atoms with Crippen molar-refractivity contribution in [1.82, 2.24) is 9.80 Å². The van der Waals surface area contributed by atoms with Crippen molar-refractivity contribution in [3.8, 4) is 0 Å². The molecule has 1 fully saturated rings. The molecule has 0 radical (unpaired) electrons. The normalized spacial score (nSPS) is 22.4. The van der Waals surface area contributed by atoms with Gasteiger partial charge in [0.1, 0.15) is 5.58 Å². The first kappa shape index (κ1) is 17.5. The second-order valence-electron chi connectivity index (χ2n) is 7.11. The Hall–Kier alpha value is -1.36. The van der Waals surface area contributed by atoms with E-state index in [2.05, 4.69) is 30.8 Å².